The van der Waals surface area contributed by atoms with E-state index in [2.05, 4.69) is 10.3 Å². The van der Waals surface area contributed by atoms with E-state index in [1.54, 1.807) is 12.3 Å². The van der Waals surface area contributed by atoms with Crippen LogP contribution in [0, 0.1) is 0 Å². The van der Waals surface area contributed by atoms with Gasteiger partial charge in [-0.15, -0.1) is 0 Å². The predicted molar refractivity (Wildman–Crippen MR) is 73.4 cm³/mol. The highest BCUT2D eigenvalue weighted by Crippen LogP contribution is 2.30. The monoisotopic (exact) mass is 282 g/mol. The molecule has 1 heterocycles. The molecule has 20 heavy (non-hydrogen) atoms. The van der Waals surface area contributed by atoms with E-state index >= 15 is 0 Å². The molecular weight excluding hydrogens is 265 g/mol. The van der Waals surface area contributed by atoms with E-state index in [9.17, 15) is 13.2 Å². The second-order valence-electron chi connectivity index (χ2n) is 4.68. The number of benzene rings is 1. The van der Waals surface area contributed by atoms with Crippen molar-refractivity contribution in [1.82, 2.24) is 10.3 Å². The summed E-state index contributed by atoms with van der Waals surface area (Å²) in [5.41, 5.74) is 1.68. The summed E-state index contributed by atoms with van der Waals surface area (Å²) in [5.74, 6) is 0. The van der Waals surface area contributed by atoms with Crippen LogP contribution in [0.2, 0.25) is 0 Å². The van der Waals surface area contributed by atoms with E-state index in [1.165, 1.54) is 0 Å². The first kappa shape index (κ1) is 14.8. The van der Waals surface area contributed by atoms with Gasteiger partial charge < -0.3 is 5.32 Å². The lowest BCUT2D eigenvalue weighted by atomic mass is 9.98. The second-order valence-corrected chi connectivity index (χ2v) is 4.68. The third-order valence-electron chi connectivity index (χ3n) is 3.23. The normalized spacial score (nSPS) is 13.6. The van der Waals surface area contributed by atoms with Crippen LogP contribution in [-0.4, -0.2) is 17.7 Å². The molecule has 0 aliphatic carbocycles. The van der Waals surface area contributed by atoms with Gasteiger partial charge in [0.15, 0.2) is 0 Å². The van der Waals surface area contributed by atoms with Crippen LogP contribution in [0.4, 0.5) is 13.2 Å². The van der Waals surface area contributed by atoms with Gasteiger partial charge in [0.1, 0.15) is 0 Å². The van der Waals surface area contributed by atoms with Gasteiger partial charge in [-0.25, -0.2) is 0 Å². The smallest absolute Gasteiger partial charge is 0.310 e. The molecule has 1 atom stereocenters. The number of hydrogen-bond donors (Lipinski definition) is 1. The fourth-order valence-electron chi connectivity index (χ4n) is 2.34. The van der Waals surface area contributed by atoms with Gasteiger partial charge in [0.05, 0.1) is 5.52 Å². The van der Waals surface area contributed by atoms with Crippen LogP contribution in [0.3, 0.4) is 0 Å². The maximum absolute atomic E-state index is 12.4. The largest absolute Gasteiger partial charge is 0.389 e. The van der Waals surface area contributed by atoms with Crippen molar-refractivity contribution in [2.45, 2.75) is 32.0 Å². The van der Waals surface area contributed by atoms with E-state index in [-0.39, 0.29) is 12.5 Å². The van der Waals surface area contributed by atoms with Crippen molar-refractivity contribution >= 4 is 10.9 Å². The van der Waals surface area contributed by atoms with E-state index in [1.807, 2.05) is 31.2 Å². The Bertz CT molecular complexity index is 561. The summed E-state index contributed by atoms with van der Waals surface area (Å²) in [4.78, 5) is 4.24. The molecule has 1 aromatic carbocycles. The molecule has 2 rings (SSSR count). The molecule has 108 valence electrons. The van der Waals surface area contributed by atoms with Crippen LogP contribution in [0.1, 0.15) is 31.4 Å². The Morgan fingerprint density at radius 2 is 1.95 bits per heavy atom. The summed E-state index contributed by atoms with van der Waals surface area (Å²) in [6.07, 6.45) is -3.24. The molecule has 0 radical (unpaired) electrons. The molecule has 0 bridgehead atoms. The first-order valence-electron chi connectivity index (χ1n) is 6.65. The van der Waals surface area contributed by atoms with E-state index in [0.29, 0.717) is 6.54 Å². The lowest BCUT2D eigenvalue weighted by Crippen LogP contribution is -2.23. The van der Waals surface area contributed by atoms with Crippen molar-refractivity contribution in [1.29, 1.82) is 0 Å². The Morgan fingerprint density at radius 1 is 1.20 bits per heavy atom. The van der Waals surface area contributed by atoms with Crippen molar-refractivity contribution in [2.75, 3.05) is 6.54 Å². The number of para-hydroxylation sites is 1. The van der Waals surface area contributed by atoms with Crippen molar-refractivity contribution in [3.8, 4) is 0 Å². The van der Waals surface area contributed by atoms with Crippen molar-refractivity contribution in [3.05, 3.63) is 42.1 Å². The number of pyridine rings is 1. The third-order valence-corrected chi connectivity index (χ3v) is 3.23. The molecule has 2 nitrogen and oxygen atoms in total. The van der Waals surface area contributed by atoms with Crippen LogP contribution in [-0.2, 0) is 0 Å². The SMILES string of the molecule is CCNC(CCC(F)(F)F)c1ccnc2ccccc12. The molecule has 0 saturated heterocycles. The van der Waals surface area contributed by atoms with E-state index in [0.717, 1.165) is 16.5 Å². The number of aromatic nitrogens is 1. The number of fused-ring (bicyclic) bond motifs is 1. The van der Waals surface area contributed by atoms with Gasteiger partial charge in [0.25, 0.3) is 0 Å². The molecule has 1 N–H and O–H groups in total. The van der Waals surface area contributed by atoms with Crippen molar-refractivity contribution in [2.24, 2.45) is 0 Å². The molecule has 2 aromatic rings. The highest BCUT2D eigenvalue weighted by Gasteiger charge is 2.28. The number of hydrogen-bond acceptors (Lipinski definition) is 2. The Hall–Kier alpha value is -1.62. The number of nitrogens with one attached hydrogen (secondary N) is 1. The van der Waals surface area contributed by atoms with Gasteiger partial charge >= 0.3 is 6.18 Å². The van der Waals surface area contributed by atoms with E-state index < -0.39 is 12.6 Å². The highest BCUT2D eigenvalue weighted by atomic mass is 19.4. The molecule has 5 heteroatoms. The van der Waals surface area contributed by atoms with Gasteiger partial charge in [0, 0.05) is 24.0 Å². The standard InChI is InChI=1S/C15H17F3N2/c1-2-19-14(7-9-15(16,17)18)12-8-10-20-13-6-4-3-5-11(12)13/h3-6,8,10,14,19H,2,7,9H2,1H3. The number of alkyl halides is 3. The zero-order valence-electron chi connectivity index (χ0n) is 11.2. The lowest BCUT2D eigenvalue weighted by molar-refractivity contribution is -0.136. The molecule has 0 amide bonds. The van der Waals surface area contributed by atoms with E-state index in [4.69, 9.17) is 0 Å². The first-order valence-corrected chi connectivity index (χ1v) is 6.65. The Morgan fingerprint density at radius 3 is 2.65 bits per heavy atom. The average Bonchev–Trinajstić information content (AvgIpc) is 2.42. The summed E-state index contributed by atoms with van der Waals surface area (Å²) in [6, 6.07) is 9.00. The van der Waals surface area contributed by atoms with Crippen LogP contribution in [0.5, 0.6) is 0 Å². The first-order chi connectivity index (χ1) is 9.51. The van der Waals surface area contributed by atoms with Crippen molar-refractivity contribution < 1.29 is 13.2 Å². The highest BCUT2D eigenvalue weighted by molar-refractivity contribution is 5.82. The van der Waals surface area contributed by atoms with Gasteiger partial charge in [-0.05, 0) is 30.7 Å². The number of rotatable bonds is 5. The summed E-state index contributed by atoms with van der Waals surface area (Å²) < 4.78 is 37.3. The Kier molecular flexibility index (Phi) is 4.60. The van der Waals surface area contributed by atoms with Gasteiger partial charge in [-0.2, -0.15) is 13.2 Å². The molecule has 0 fully saturated rings. The molecule has 0 spiro atoms. The van der Waals surface area contributed by atoms with Gasteiger partial charge in [-0.3, -0.25) is 4.98 Å². The Balaban J connectivity index is 2.31. The van der Waals surface area contributed by atoms with Gasteiger partial charge in [-0.1, -0.05) is 25.1 Å². The van der Waals surface area contributed by atoms with Crippen LogP contribution < -0.4 is 5.32 Å². The summed E-state index contributed by atoms with van der Waals surface area (Å²) in [6.45, 7) is 2.52. The molecule has 0 saturated carbocycles. The minimum absolute atomic E-state index is 0.0331. The zero-order valence-corrected chi connectivity index (χ0v) is 11.2. The number of nitrogens with zero attached hydrogens (tertiary/aromatic N) is 1. The van der Waals surface area contributed by atoms with Crippen LogP contribution in [0.15, 0.2) is 36.5 Å². The van der Waals surface area contributed by atoms with Crippen LogP contribution >= 0.6 is 0 Å². The maximum atomic E-state index is 12.4. The summed E-state index contributed by atoms with van der Waals surface area (Å²) in [7, 11) is 0. The minimum atomic E-state index is -4.13. The molecule has 0 aliphatic rings. The quantitative estimate of drug-likeness (QED) is 0.887. The van der Waals surface area contributed by atoms with Crippen LogP contribution in [0.25, 0.3) is 10.9 Å². The minimum Gasteiger partial charge on any atom is -0.310 e. The third kappa shape index (κ3) is 3.70. The van der Waals surface area contributed by atoms with Gasteiger partial charge in [0.2, 0.25) is 0 Å². The molecular formula is C15H17F3N2. The maximum Gasteiger partial charge on any atom is 0.389 e. The Labute approximate surface area is 116 Å². The summed E-state index contributed by atoms with van der Waals surface area (Å²) >= 11 is 0. The fraction of sp³-hybridized carbons (Fsp3) is 0.400. The van der Waals surface area contributed by atoms with Crippen molar-refractivity contribution in [3.63, 3.8) is 0 Å². The summed E-state index contributed by atoms with van der Waals surface area (Å²) in [5, 5.41) is 4.04. The average molecular weight is 282 g/mol. The fourth-order valence-corrected chi connectivity index (χ4v) is 2.34. The molecule has 1 unspecified atom stereocenters. The lowest BCUT2D eigenvalue weighted by Gasteiger charge is -2.20. The zero-order chi connectivity index (χ0) is 14.6. The predicted octanol–water partition coefficient (Wildman–Crippen LogP) is 4.23. The molecule has 1 aromatic heterocycles. The molecule has 0 aliphatic heterocycles. The number of halogens is 3. The topological polar surface area (TPSA) is 24.9 Å². The second kappa shape index (κ2) is 6.22.